The van der Waals surface area contributed by atoms with Gasteiger partial charge in [-0.25, -0.2) is 0 Å². The number of hydrogen-bond donors (Lipinski definition) is 0. The monoisotopic (exact) mass is 566 g/mol. The molecule has 1 aromatic heterocycles. The Labute approximate surface area is 258 Å². The van der Waals surface area contributed by atoms with Gasteiger partial charge in [-0.05, 0) is 145 Å². The molecule has 0 amide bonds. The minimum absolute atomic E-state index is 0.858. The van der Waals surface area contributed by atoms with Crippen molar-refractivity contribution in [2.24, 2.45) is 4.99 Å². The van der Waals surface area contributed by atoms with Crippen LogP contribution in [0.2, 0.25) is 0 Å². The first-order chi connectivity index (χ1) is 21.8. The fourth-order valence-corrected chi connectivity index (χ4v) is 7.04. The molecule has 0 radical (unpaired) electrons. The van der Waals surface area contributed by atoms with E-state index in [2.05, 4.69) is 125 Å². The third kappa shape index (κ3) is 4.87. The third-order valence-electron chi connectivity index (χ3n) is 9.16. The molecule has 2 aliphatic carbocycles. The molecule has 2 heteroatoms. The van der Waals surface area contributed by atoms with Crippen LogP contribution in [0.1, 0.15) is 43.2 Å². The molecule has 0 atom stereocenters. The van der Waals surface area contributed by atoms with Gasteiger partial charge in [-0.2, -0.15) is 0 Å². The Morgan fingerprint density at radius 1 is 0.545 bits per heavy atom. The lowest BCUT2D eigenvalue weighted by Crippen LogP contribution is -2.31. The molecule has 0 unspecified atom stereocenters. The average Bonchev–Trinajstić information content (AvgIpc) is 3.11. The zero-order valence-electron chi connectivity index (χ0n) is 24.8. The summed E-state index contributed by atoms with van der Waals surface area (Å²) in [7, 11) is 0. The molecule has 3 aliphatic rings. The number of rotatable bonds is 5. The first-order valence-corrected chi connectivity index (χ1v) is 15.8. The summed E-state index contributed by atoms with van der Waals surface area (Å²) >= 11 is 0. The predicted molar refractivity (Wildman–Crippen MR) is 188 cm³/mol. The number of nitrogens with zero attached hydrogens (tertiary/aromatic N) is 2. The summed E-state index contributed by atoms with van der Waals surface area (Å²) in [4.78, 5) is 8.67. The molecule has 0 bridgehead atoms. The van der Waals surface area contributed by atoms with E-state index < -0.39 is 0 Å². The first-order valence-electron chi connectivity index (χ1n) is 15.8. The highest BCUT2D eigenvalue weighted by molar-refractivity contribution is 6.07. The molecule has 44 heavy (non-hydrogen) atoms. The third-order valence-corrected chi connectivity index (χ3v) is 9.16. The van der Waals surface area contributed by atoms with Crippen molar-refractivity contribution in [3.05, 3.63) is 137 Å². The Kier molecular flexibility index (Phi) is 6.96. The largest absolute Gasteiger partial charge is 0.293 e. The summed E-state index contributed by atoms with van der Waals surface area (Å²) in [5.41, 5.74) is 12.8. The minimum atomic E-state index is 0.858. The van der Waals surface area contributed by atoms with Gasteiger partial charge in [-0.1, -0.05) is 78.9 Å². The lowest BCUT2D eigenvalue weighted by atomic mass is 9.84. The summed E-state index contributed by atoms with van der Waals surface area (Å²) in [6.45, 7) is 0.858. The highest BCUT2D eigenvalue weighted by Gasteiger charge is 2.18. The Hall–Kier alpha value is -5.08. The van der Waals surface area contributed by atoms with Gasteiger partial charge in [0.15, 0.2) is 0 Å². The van der Waals surface area contributed by atoms with Crippen molar-refractivity contribution >= 4 is 40.3 Å². The van der Waals surface area contributed by atoms with E-state index in [-0.39, 0.29) is 0 Å². The van der Waals surface area contributed by atoms with Crippen LogP contribution in [-0.2, 0) is 0 Å². The van der Waals surface area contributed by atoms with E-state index in [1.165, 1.54) is 76.9 Å². The second-order valence-electron chi connectivity index (χ2n) is 11.9. The summed E-state index contributed by atoms with van der Waals surface area (Å²) in [5.74, 6) is 0. The Balaban J connectivity index is 1.43. The van der Waals surface area contributed by atoms with Gasteiger partial charge in [0, 0.05) is 25.2 Å². The summed E-state index contributed by atoms with van der Waals surface area (Å²) in [6, 6.07) is 29.5. The summed E-state index contributed by atoms with van der Waals surface area (Å²) < 4.78 is 0. The molecule has 0 saturated carbocycles. The lowest BCUT2D eigenvalue weighted by Gasteiger charge is -2.20. The molecule has 2 heterocycles. The normalized spacial score (nSPS) is 15.6. The second-order valence-corrected chi connectivity index (χ2v) is 11.9. The lowest BCUT2D eigenvalue weighted by molar-refractivity contribution is 1.02. The van der Waals surface area contributed by atoms with Crippen LogP contribution in [0.15, 0.2) is 121 Å². The van der Waals surface area contributed by atoms with Crippen molar-refractivity contribution < 1.29 is 0 Å². The number of dihydropyridines is 1. The molecular formula is C42H34N2. The van der Waals surface area contributed by atoms with Gasteiger partial charge in [-0.15, -0.1) is 0 Å². The average molecular weight is 567 g/mol. The van der Waals surface area contributed by atoms with Crippen molar-refractivity contribution in [3.63, 3.8) is 0 Å². The van der Waals surface area contributed by atoms with Crippen molar-refractivity contribution in [1.29, 1.82) is 0 Å². The van der Waals surface area contributed by atoms with Gasteiger partial charge in [0.05, 0.1) is 0 Å². The standard InChI is InChI=1S/C42H34N2/c1-2-8-29(9-3-1)34-16-17-39-40(28-34)42(36-13-7-11-33(27-36)31-20-24-44-25-21-31)38-15-5-4-14-37(38)41(39)35-12-6-10-32(26-35)30-18-22-43-23-19-30/h2,6-20,22-24,26-28H,1,3-5,21,25H2. The van der Waals surface area contributed by atoms with E-state index in [0.29, 0.717) is 0 Å². The molecule has 0 fully saturated rings. The minimum Gasteiger partial charge on any atom is -0.293 e. The first kappa shape index (κ1) is 26.5. The number of benzene rings is 4. The van der Waals surface area contributed by atoms with Crippen molar-refractivity contribution in [2.75, 3.05) is 6.54 Å². The van der Waals surface area contributed by atoms with Gasteiger partial charge < -0.3 is 0 Å². The smallest absolute Gasteiger partial charge is 0.0429 e. The molecule has 2 nitrogen and oxygen atoms in total. The van der Waals surface area contributed by atoms with Crippen LogP contribution >= 0.6 is 0 Å². The van der Waals surface area contributed by atoms with Gasteiger partial charge in [0.1, 0.15) is 0 Å². The molecule has 1 aliphatic heterocycles. The number of aromatic nitrogens is 1. The predicted octanol–water partition coefficient (Wildman–Crippen LogP) is 9.18. The molecule has 5 aromatic rings. The number of aliphatic imine (C=N–C) groups is 1. The van der Waals surface area contributed by atoms with Crippen LogP contribution in [-0.4, -0.2) is 17.7 Å². The maximum Gasteiger partial charge on any atom is 0.0429 e. The van der Waals surface area contributed by atoms with E-state index in [0.717, 1.165) is 38.6 Å². The van der Waals surface area contributed by atoms with Gasteiger partial charge >= 0.3 is 0 Å². The topological polar surface area (TPSA) is 25.2 Å². The number of pyridine rings is 1. The van der Waals surface area contributed by atoms with E-state index in [9.17, 15) is 0 Å². The summed E-state index contributed by atoms with van der Waals surface area (Å²) in [5, 5.41) is 5.32. The highest BCUT2D eigenvalue weighted by atomic mass is 14.7. The van der Waals surface area contributed by atoms with Gasteiger partial charge in [0.25, 0.3) is 0 Å². The van der Waals surface area contributed by atoms with Crippen LogP contribution < -0.4 is 10.4 Å². The fourth-order valence-electron chi connectivity index (χ4n) is 7.04. The molecular weight excluding hydrogens is 532 g/mol. The van der Waals surface area contributed by atoms with Crippen molar-refractivity contribution in [3.8, 4) is 33.4 Å². The van der Waals surface area contributed by atoms with E-state index >= 15 is 0 Å². The van der Waals surface area contributed by atoms with Crippen LogP contribution in [0.25, 0.3) is 67.5 Å². The molecule has 0 spiro atoms. The maximum absolute atomic E-state index is 4.43. The van der Waals surface area contributed by atoms with E-state index in [4.69, 9.17) is 0 Å². The molecule has 212 valence electrons. The van der Waals surface area contributed by atoms with Crippen LogP contribution in [0.4, 0.5) is 0 Å². The maximum atomic E-state index is 4.43. The van der Waals surface area contributed by atoms with Crippen LogP contribution in [0.3, 0.4) is 0 Å². The van der Waals surface area contributed by atoms with Crippen LogP contribution in [0, 0.1) is 0 Å². The highest BCUT2D eigenvalue weighted by Crippen LogP contribution is 2.37. The Bertz CT molecular complexity index is 2160. The van der Waals surface area contributed by atoms with Gasteiger partial charge in [-0.3, -0.25) is 9.98 Å². The summed E-state index contributed by atoms with van der Waals surface area (Å²) in [6.07, 6.45) is 25.1. The SMILES string of the molecule is C1=CC(c2ccc3c(-c4cccc(-c5ccncc5)c4)c4c(c(-c5cccc(C6=CC=NCC6)c5)c3c2)=CCCC=4)=CCC1. The zero-order valence-corrected chi connectivity index (χ0v) is 24.8. The molecule has 4 aromatic carbocycles. The fraction of sp³-hybridized carbons (Fsp3) is 0.143. The van der Waals surface area contributed by atoms with Crippen molar-refractivity contribution in [1.82, 2.24) is 4.98 Å². The van der Waals surface area contributed by atoms with E-state index in [1.807, 2.05) is 18.6 Å². The van der Waals surface area contributed by atoms with E-state index in [1.54, 1.807) is 0 Å². The Morgan fingerprint density at radius 3 is 1.98 bits per heavy atom. The molecule has 0 N–H and O–H groups in total. The van der Waals surface area contributed by atoms with Crippen LogP contribution in [0.5, 0.6) is 0 Å². The number of fused-ring (bicyclic) bond motifs is 2. The number of hydrogen-bond acceptors (Lipinski definition) is 2. The molecule has 0 saturated heterocycles. The quantitative estimate of drug-likeness (QED) is 0.208. The second kappa shape index (κ2) is 11.5. The zero-order chi connectivity index (χ0) is 29.3. The van der Waals surface area contributed by atoms with Crippen molar-refractivity contribution in [2.45, 2.75) is 32.1 Å². The number of allylic oxidation sites excluding steroid dienone is 5. The van der Waals surface area contributed by atoms with Gasteiger partial charge in [0.2, 0.25) is 0 Å². The molecule has 8 rings (SSSR count). The Morgan fingerprint density at radius 2 is 1.25 bits per heavy atom.